The maximum Gasteiger partial charge on any atom is 0.238 e. The fraction of sp³-hybridized carbons (Fsp3) is 0.462. The maximum absolute atomic E-state index is 13.3. The molecule has 0 radical (unpaired) electrons. The number of nitrogens with one attached hydrogen (secondary N) is 2. The molecule has 3 nitrogen and oxygen atoms in total. The van der Waals surface area contributed by atoms with Gasteiger partial charge in [0.15, 0.2) is 0 Å². The molecular weight excluding hydrogens is 219 g/mol. The van der Waals surface area contributed by atoms with Crippen LogP contribution in [0.4, 0.5) is 10.1 Å². The highest BCUT2D eigenvalue weighted by Gasteiger charge is 2.15. The van der Waals surface area contributed by atoms with E-state index in [1.807, 2.05) is 0 Å². The smallest absolute Gasteiger partial charge is 0.238 e. The molecule has 0 unspecified atom stereocenters. The van der Waals surface area contributed by atoms with Crippen molar-refractivity contribution in [3.63, 3.8) is 0 Å². The summed E-state index contributed by atoms with van der Waals surface area (Å²) in [5, 5.41) is 5.74. The summed E-state index contributed by atoms with van der Waals surface area (Å²) >= 11 is 0. The number of hydrogen-bond donors (Lipinski definition) is 2. The van der Waals surface area contributed by atoms with Crippen LogP contribution in [0.15, 0.2) is 24.3 Å². The van der Waals surface area contributed by atoms with Gasteiger partial charge in [0, 0.05) is 6.04 Å². The molecule has 0 aromatic heterocycles. The number of para-hydroxylation sites is 1. The van der Waals surface area contributed by atoms with E-state index in [4.69, 9.17) is 0 Å². The molecule has 0 saturated heterocycles. The number of hydrogen-bond acceptors (Lipinski definition) is 2. The van der Waals surface area contributed by atoms with Crippen LogP contribution in [-0.4, -0.2) is 18.5 Å². The van der Waals surface area contributed by atoms with Gasteiger partial charge in [-0.25, -0.2) is 4.39 Å². The molecule has 1 amide bonds. The second-order valence-electron chi connectivity index (χ2n) is 4.39. The summed E-state index contributed by atoms with van der Waals surface area (Å²) in [5.74, 6) is -0.594. The van der Waals surface area contributed by atoms with Gasteiger partial charge in [0.1, 0.15) is 5.82 Å². The van der Waals surface area contributed by atoms with Crippen LogP contribution in [0.5, 0.6) is 0 Å². The molecule has 92 valence electrons. The van der Waals surface area contributed by atoms with E-state index in [9.17, 15) is 9.18 Å². The van der Waals surface area contributed by atoms with Gasteiger partial charge in [0.25, 0.3) is 0 Å². The van der Waals surface area contributed by atoms with Crippen molar-refractivity contribution in [2.75, 3.05) is 11.9 Å². The molecule has 0 spiro atoms. The molecule has 2 N–H and O–H groups in total. The zero-order valence-electron chi connectivity index (χ0n) is 9.71. The summed E-state index contributed by atoms with van der Waals surface area (Å²) in [6.07, 6.45) is 4.72. The number of rotatable bonds is 4. The van der Waals surface area contributed by atoms with Crippen molar-refractivity contribution in [2.24, 2.45) is 0 Å². The van der Waals surface area contributed by atoms with Gasteiger partial charge in [-0.05, 0) is 25.0 Å². The van der Waals surface area contributed by atoms with E-state index in [2.05, 4.69) is 10.6 Å². The Morgan fingerprint density at radius 3 is 2.71 bits per heavy atom. The molecule has 2 rings (SSSR count). The highest BCUT2D eigenvalue weighted by atomic mass is 19.1. The van der Waals surface area contributed by atoms with Crippen LogP contribution in [0.25, 0.3) is 0 Å². The molecule has 0 aliphatic heterocycles. The van der Waals surface area contributed by atoms with Gasteiger partial charge in [0.05, 0.1) is 12.2 Å². The number of anilines is 1. The van der Waals surface area contributed by atoms with Gasteiger partial charge in [-0.3, -0.25) is 4.79 Å². The molecule has 0 atom stereocenters. The van der Waals surface area contributed by atoms with Gasteiger partial charge in [-0.2, -0.15) is 0 Å². The highest BCUT2D eigenvalue weighted by molar-refractivity contribution is 5.92. The zero-order chi connectivity index (χ0) is 12.1. The Labute approximate surface area is 100 Å². The Kier molecular flexibility index (Phi) is 4.09. The molecule has 1 saturated carbocycles. The average molecular weight is 236 g/mol. The lowest BCUT2D eigenvalue weighted by Crippen LogP contribution is -2.34. The van der Waals surface area contributed by atoms with Gasteiger partial charge in [0.2, 0.25) is 5.91 Å². The third-order valence-corrected chi connectivity index (χ3v) is 3.05. The first kappa shape index (κ1) is 12.0. The first-order valence-corrected chi connectivity index (χ1v) is 6.03. The molecule has 0 heterocycles. The van der Waals surface area contributed by atoms with E-state index < -0.39 is 5.82 Å². The molecule has 1 aliphatic rings. The van der Waals surface area contributed by atoms with E-state index >= 15 is 0 Å². The number of carbonyl (C=O) groups excluding carboxylic acids is 1. The monoisotopic (exact) mass is 236 g/mol. The van der Waals surface area contributed by atoms with E-state index in [0.29, 0.717) is 6.04 Å². The van der Waals surface area contributed by atoms with Crippen molar-refractivity contribution >= 4 is 11.6 Å². The maximum atomic E-state index is 13.3. The van der Waals surface area contributed by atoms with Crippen LogP contribution in [0.1, 0.15) is 25.7 Å². The summed E-state index contributed by atoms with van der Waals surface area (Å²) in [6.45, 7) is 0.249. The van der Waals surface area contributed by atoms with Gasteiger partial charge < -0.3 is 10.6 Å². The summed E-state index contributed by atoms with van der Waals surface area (Å²) in [6, 6.07) is 6.63. The second kappa shape index (κ2) is 5.77. The molecule has 1 fully saturated rings. The molecule has 17 heavy (non-hydrogen) atoms. The second-order valence-corrected chi connectivity index (χ2v) is 4.39. The first-order valence-electron chi connectivity index (χ1n) is 6.03. The number of benzene rings is 1. The highest BCUT2D eigenvalue weighted by Crippen LogP contribution is 2.17. The lowest BCUT2D eigenvalue weighted by Gasteiger charge is -2.11. The standard InChI is InChI=1S/C13H17FN2O/c14-11-7-3-4-8-12(11)16-13(17)9-15-10-5-1-2-6-10/h3-4,7-8,10,15H,1-2,5-6,9H2,(H,16,17). The minimum absolute atomic E-state index is 0.193. The Hall–Kier alpha value is -1.42. The predicted octanol–water partition coefficient (Wildman–Crippen LogP) is 2.30. The SMILES string of the molecule is O=C(CNC1CCCC1)Nc1ccccc1F. The van der Waals surface area contributed by atoms with Crippen LogP contribution in [-0.2, 0) is 4.79 Å². The van der Waals surface area contributed by atoms with Crippen LogP contribution >= 0.6 is 0 Å². The van der Waals surface area contributed by atoms with E-state index in [1.165, 1.54) is 18.9 Å². The Morgan fingerprint density at radius 2 is 2.00 bits per heavy atom. The fourth-order valence-electron chi connectivity index (χ4n) is 2.12. The molecular formula is C13H17FN2O. The van der Waals surface area contributed by atoms with Crippen LogP contribution in [0, 0.1) is 5.82 Å². The van der Waals surface area contributed by atoms with Crippen molar-refractivity contribution in [3.05, 3.63) is 30.1 Å². The van der Waals surface area contributed by atoms with Gasteiger partial charge in [-0.15, -0.1) is 0 Å². The van der Waals surface area contributed by atoms with E-state index in [-0.39, 0.29) is 18.1 Å². The summed E-state index contributed by atoms with van der Waals surface area (Å²) in [5.41, 5.74) is 0.241. The van der Waals surface area contributed by atoms with Gasteiger partial charge in [-0.1, -0.05) is 25.0 Å². The predicted molar refractivity (Wildman–Crippen MR) is 65.3 cm³/mol. The lowest BCUT2D eigenvalue weighted by atomic mass is 10.2. The molecule has 4 heteroatoms. The Bertz CT molecular complexity index is 389. The minimum Gasteiger partial charge on any atom is -0.322 e. The van der Waals surface area contributed by atoms with Crippen LogP contribution in [0.2, 0.25) is 0 Å². The quantitative estimate of drug-likeness (QED) is 0.842. The molecule has 0 bridgehead atoms. The topological polar surface area (TPSA) is 41.1 Å². The van der Waals surface area contributed by atoms with Crippen LogP contribution in [0.3, 0.4) is 0 Å². The lowest BCUT2D eigenvalue weighted by molar-refractivity contribution is -0.115. The first-order chi connectivity index (χ1) is 8.25. The minimum atomic E-state index is -0.401. The summed E-state index contributed by atoms with van der Waals surface area (Å²) < 4.78 is 13.3. The Morgan fingerprint density at radius 1 is 1.29 bits per heavy atom. The number of carbonyl (C=O) groups is 1. The average Bonchev–Trinajstić information content (AvgIpc) is 2.82. The van der Waals surface area contributed by atoms with Crippen LogP contribution < -0.4 is 10.6 Å². The van der Waals surface area contributed by atoms with Crippen molar-refractivity contribution in [2.45, 2.75) is 31.7 Å². The molecule has 1 aliphatic carbocycles. The van der Waals surface area contributed by atoms with Crippen molar-refractivity contribution < 1.29 is 9.18 Å². The van der Waals surface area contributed by atoms with Gasteiger partial charge >= 0.3 is 0 Å². The Balaban J connectivity index is 1.79. The normalized spacial score (nSPS) is 16.1. The number of halogens is 1. The van der Waals surface area contributed by atoms with Crippen molar-refractivity contribution in [1.29, 1.82) is 0 Å². The van der Waals surface area contributed by atoms with Crippen molar-refractivity contribution in [1.82, 2.24) is 5.32 Å². The summed E-state index contributed by atoms with van der Waals surface area (Å²) in [4.78, 5) is 11.6. The van der Waals surface area contributed by atoms with Crippen molar-refractivity contribution in [3.8, 4) is 0 Å². The largest absolute Gasteiger partial charge is 0.322 e. The third-order valence-electron chi connectivity index (χ3n) is 3.05. The third kappa shape index (κ3) is 3.53. The molecule has 1 aromatic carbocycles. The van der Waals surface area contributed by atoms with E-state index in [1.54, 1.807) is 18.2 Å². The molecule has 1 aromatic rings. The van der Waals surface area contributed by atoms with E-state index in [0.717, 1.165) is 12.8 Å². The summed E-state index contributed by atoms with van der Waals surface area (Å²) in [7, 11) is 0. The fourth-order valence-corrected chi connectivity index (χ4v) is 2.12. The zero-order valence-corrected chi connectivity index (χ0v) is 9.71. The number of amides is 1.